The van der Waals surface area contributed by atoms with Gasteiger partial charge in [0.05, 0.1) is 12.2 Å². The van der Waals surface area contributed by atoms with Crippen LogP contribution in [0.3, 0.4) is 0 Å². The van der Waals surface area contributed by atoms with Crippen molar-refractivity contribution < 1.29 is 9.47 Å². The molecule has 0 amide bonds. The Kier molecular flexibility index (Phi) is 11.1. The molecular formula is C19H34IN3O2. The summed E-state index contributed by atoms with van der Waals surface area (Å²) in [6.07, 6.45) is 0.303. The van der Waals surface area contributed by atoms with Crippen LogP contribution in [0.15, 0.2) is 29.3 Å². The highest BCUT2D eigenvalue weighted by Crippen LogP contribution is 2.20. The van der Waals surface area contributed by atoms with Gasteiger partial charge in [0.25, 0.3) is 0 Å². The van der Waals surface area contributed by atoms with Gasteiger partial charge in [-0.1, -0.05) is 32.9 Å². The zero-order chi connectivity index (χ0) is 18.2. The van der Waals surface area contributed by atoms with Crippen molar-refractivity contribution in [1.29, 1.82) is 0 Å². The Bertz CT molecular complexity index is 510. The third kappa shape index (κ3) is 9.30. The maximum Gasteiger partial charge on any atom is 0.191 e. The molecule has 0 saturated carbocycles. The van der Waals surface area contributed by atoms with Gasteiger partial charge in [0, 0.05) is 27.2 Å². The molecule has 1 atom stereocenters. The molecule has 5 nitrogen and oxygen atoms in total. The van der Waals surface area contributed by atoms with E-state index in [1.807, 2.05) is 26.0 Å². The van der Waals surface area contributed by atoms with E-state index < -0.39 is 0 Å². The van der Waals surface area contributed by atoms with Gasteiger partial charge in [-0.05, 0) is 37.0 Å². The van der Waals surface area contributed by atoms with Gasteiger partial charge in [-0.3, -0.25) is 4.99 Å². The maximum atomic E-state index is 5.65. The first kappa shape index (κ1) is 24.0. The molecule has 0 heterocycles. The van der Waals surface area contributed by atoms with Gasteiger partial charge in [0.1, 0.15) is 5.75 Å². The monoisotopic (exact) mass is 463 g/mol. The number of rotatable bonds is 7. The second-order valence-corrected chi connectivity index (χ2v) is 7.21. The van der Waals surface area contributed by atoms with Crippen molar-refractivity contribution >= 4 is 29.9 Å². The molecular weight excluding hydrogens is 429 g/mol. The first-order valence-electron chi connectivity index (χ1n) is 8.49. The summed E-state index contributed by atoms with van der Waals surface area (Å²) < 4.78 is 11.2. The second-order valence-electron chi connectivity index (χ2n) is 7.21. The van der Waals surface area contributed by atoms with Gasteiger partial charge in [0.15, 0.2) is 5.96 Å². The van der Waals surface area contributed by atoms with Crippen LogP contribution >= 0.6 is 24.0 Å². The molecule has 0 aliphatic heterocycles. The minimum absolute atomic E-state index is 0. The highest BCUT2D eigenvalue weighted by molar-refractivity contribution is 14.0. The van der Waals surface area contributed by atoms with Crippen LogP contribution in [0, 0.1) is 5.41 Å². The van der Waals surface area contributed by atoms with Crippen LogP contribution in [-0.2, 0) is 11.3 Å². The van der Waals surface area contributed by atoms with Gasteiger partial charge >= 0.3 is 0 Å². The highest BCUT2D eigenvalue weighted by Gasteiger charge is 2.24. The lowest BCUT2D eigenvalue weighted by Crippen LogP contribution is -2.45. The summed E-state index contributed by atoms with van der Waals surface area (Å²) in [5.41, 5.74) is 1.25. The Labute approximate surface area is 170 Å². The van der Waals surface area contributed by atoms with E-state index >= 15 is 0 Å². The third-order valence-electron chi connectivity index (χ3n) is 3.68. The molecule has 1 rings (SSSR count). The first-order chi connectivity index (χ1) is 11.3. The SMILES string of the molecule is CN=C(NCc1ccc(OC(C)C)cc1)NCC(OC)C(C)(C)C.I. The molecule has 0 aliphatic carbocycles. The molecule has 0 aromatic heterocycles. The van der Waals surface area contributed by atoms with Crippen LogP contribution in [0.25, 0.3) is 0 Å². The summed E-state index contributed by atoms with van der Waals surface area (Å²) in [5.74, 6) is 1.66. The van der Waals surface area contributed by atoms with Gasteiger partial charge in [-0.15, -0.1) is 24.0 Å². The number of aliphatic imine (C=N–C) groups is 1. The molecule has 1 aromatic carbocycles. The van der Waals surface area contributed by atoms with Crippen molar-refractivity contribution in [1.82, 2.24) is 10.6 Å². The lowest BCUT2D eigenvalue weighted by atomic mass is 9.89. The van der Waals surface area contributed by atoms with Crippen LogP contribution in [0.4, 0.5) is 0 Å². The summed E-state index contributed by atoms with van der Waals surface area (Å²) in [6, 6.07) is 8.11. The van der Waals surface area contributed by atoms with E-state index in [9.17, 15) is 0 Å². The number of nitrogens with zero attached hydrogens (tertiary/aromatic N) is 1. The minimum atomic E-state index is 0. The topological polar surface area (TPSA) is 54.9 Å². The van der Waals surface area contributed by atoms with E-state index in [1.54, 1.807) is 14.2 Å². The second kappa shape index (κ2) is 11.6. The fraction of sp³-hybridized carbons (Fsp3) is 0.632. The Balaban J connectivity index is 0.00000576. The van der Waals surface area contributed by atoms with Gasteiger partial charge in [-0.2, -0.15) is 0 Å². The number of guanidine groups is 1. The van der Waals surface area contributed by atoms with E-state index in [0.717, 1.165) is 11.7 Å². The molecule has 1 aromatic rings. The Morgan fingerprint density at radius 2 is 1.72 bits per heavy atom. The molecule has 0 radical (unpaired) electrons. The standard InChI is InChI=1S/C19H33N3O2.HI/c1-14(2)24-16-10-8-15(9-11-16)12-21-18(20-6)22-13-17(23-7)19(3,4)5;/h8-11,14,17H,12-13H2,1-7H3,(H2,20,21,22);1H. The van der Waals surface area contributed by atoms with Crippen molar-refractivity contribution in [2.24, 2.45) is 10.4 Å². The number of methoxy groups -OCH3 is 1. The van der Waals surface area contributed by atoms with Crippen molar-refractivity contribution in [3.8, 4) is 5.75 Å². The molecule has 0 fully saturated rings. The molecule has 0 aliphatic rings. The molecule has 6 heteroatoms. The molecule has 2 N–H and O–H groups in total. The highest BCUT2D eigenvalue weighted by atomic mass is 127. The van der Waals surface area contributed by atoms with Crippen LogP contribution in [0.2, 0.25) is 0 Å². The zero-order valence-electron chi connectivity index (χ0n) is 16.6. The van der Waals surface area contributed by atoms with Crippen LogP contribution in [0.5, 0.6) is 5.75 Å². The number of benzene rings is 1. The fourth-order valence-corrected chi connectivity index (χ4v) is 2.30. The molecule has 1 unspecified atom stereocenters. The Morgan fingerprint density at radius 3 is 2.16 bits per heavy atom. The summed E-state index contributed by atoms with van der Waals surface area (Å²) in [6.45, 7) is 12.0. The fourth-order valence-electron chi connectivity index (χ4n) is 2.30. The summed E-state index contributed by atoms with van der Waals surface area (Å²) in [4.78, 5) is 4.26. The van der Waals surface area contributed by atoms with Crippen molar-refractivity contribution in [3.63, 3.8) is 0 Å². The molecule has 0 spiro atoms. The lowest BCUT2D eigenvalue weighted by molar-refractivity contribution is 0.0205. The average Bonchev–Trinajstić information content (AvgIpc) is 2.50. The maximum absolute atomic E-state index is 5.65. The largest absolute Gasteiger partial charge is 0.491 e. The number of hydrogen-bond donors (Lipinski definition) is 2. The number of halogens is 1. The minimum Gasteiger partial charge on any atom is -0.491 e. The lowest BCUT2D eigenvalue weighted by Gasteiger charge is -2.30. The van der Waals surface area contributed by atoms with Gasteiger partial charge in [-0.25, -0.2) is 0 Å². The summed E-state index contributed by atoms with van der Waals surface area (Å²) in [5, 5.41) is 6.64. The van der Waals surface area contributed by atoms with Crippen molar-refractivity contribution in [2.75, 3.05) is 20.7 Å². The summed E-state index contributed by atoms with van der Waals surface area (Å²) >= 11 is 0. The summed E-state index contributed by atoms with van der Waals surface area (Å²) in [7, 11) is 3.52. The third-order valence-corrected chi connectivity index (χ3v) is 3.68. The van der Waals surface area contributed by atoms with E-state index in [-0.39, 0.29) is 41.6 Å². The predicted octanol–water partition coefficient (Wildman–Crippen LogP) is 3.82. The number of ether oxygens (including phenoxy) is 2. The van der Waals surface area contributed by atoms with Crippen LogP contribution < -0.4 is 15.4 Å². The number of nitrogens with one attached hydrogen (secondary N) is 2. The Morgan fingerprint density at radius 1 is 1.12 bits per heavy atom. The smallest absolute Gasteiger partial charge is 0.191 e. The first-order valence-corrected chi connectivity index (χ1v) is 8.49. The van der Waals surface area contributed by atoms with E-state index in [1.165, 1.54) is 5.56 Å². The van der Waals surface area contributed by atoms with E-state index in [4.69, 9.17) is 9.47 Å². The average molecular weight is 463 g/mol. The molecule has 0 bridgehead atoms. The normalized spacial score (nSPS) is 13.2. The Hall–Kier alpha value is -1.02. The van der Waals surface area contributed by atoms with Crippen molar-refractivity contribution in [3.05, 3.63) is 29.8 Å². The van der Waals surface area contributed by atoms with E-state index in [2.05, 4.69) is 48.5 Å². The zero-order valence-corrected chi connectivity index (χ0v) is 18.9. The van der Waals surface area contributed by atoms with Crippen molar-refractivity contribution in [2.45, 2.75) is 53.4 Å². The predicted molar refractivity (Wildman–Crippen MR) is 116 cm³/mol. The van der Waals surface area contributed by atoms with E-state index in [0.29, 0.717) is 13.1 Å². The van der Waals surface area contributed by atoms with Crippen LogP contribution in [0.1, 0.15) is 40.2 Å². The van der Waals surface area contributed by atoms with Gasteiger partial charge in [0.2, 0.25) is 0 Å². The molecule has 25 heavy (non-hydrogen) atoms. The quantitative estimate of drug-likeness (QED) is 0.367. The van der Waals surface area contributed by atoms with Gasteiger partial charge < -0.3 is 20.1 Å². The molecule has 144 valence electrons. The molecule has 0 saturated heterocycles. The van der Waals surface area contributed by atoms with Crippen LogP contribution in [-0.4, -0.2) is 38.9 Å². The number of hydrogen-bond acceptors (Lipinski definition) is 3.